The van der Waals surface area contributed by atoms with Crippen LogP contribution in [0.25, 0.3) is 5.69 Å². The molecule has 5 rings (SSSR count). The number of nitrogens with zero attached hydrogens (tertiary/aromatic N) is 4. The summed E-state index contributed by atoms with van der Waals surface area (Å²) in [6.07, 6.45) is 7.55. The Balaban J connectivity index is 1.67. The zero-order valence-corrected chi connectivity index (χ0v) is 17.3. The van der Waals surface area contributed by atoms with Crippen LogP contribution >= 0.6 is 12.2 Å². The molecule has 2 atom stereocenters. The number of benzene rings is 1. The molecule has 0 amide bonds. The van der Waals surface area contributed by atoms with Crippen molar-refractivity contribution < 1.29 is 0 Å². The fourth-order valence-corrected chi connectivity index (χ4v) is 4.35. The first-order valence-electron chi connectivity index (χ1n) is 9.87. The fraction of sp³-hybridized carbons (Fsp3) is 0.125. The molecule has 1 aromatic carbocycles. The van der Waals surface area contributed by atoms with Crippen LogP contribution in [0.2, 0.25) is 0 Å². The van der Waals surface area contributed by atoms with Gasteiger partial charge in [-0.05, 0) is 67.7 Å². The summed E-state index contributed by atoms with van der Waals surface area (Å²) >= 11 is 5.81. The van der Waals surface area contributed by atoms with Crippen molar-refractivity contribution in [1.29, 1.82) is 0 Å². The van der Waals surface area contributed by atoms with E-state index in [-0.39, 0.29) is 12.1 Å². The molecule has 5 nitrogen and oxygen atoms in total. The van der Waals surface area contributed by atoms with Gasteiger partial charge >= 0.3 is 0 Å². The van der Waals surface area contributed by atoms with E-state index in [0.717, 1.165) is 22.8 Å². The lowest BCUT2D eigenvalue weighted by Gasteiger charge is -2.29. The van der Waals surface area contributed by atoms with Crippen molar-refractivity contribution in [3.8, 4) is 5.69 Å². The highest BCUT2D eigenvalue weighted by atomic mass is 32.1. The SMILES string of the molecule is Cc1ccc(N2C(=S)N[C@@H](c3ccccn3)[C@H]2c2cccn2-c2cccnc2)cc1. The van der Waals surface area contributed by atoms with Gasteiger partial charge in [-0.15, -0.1) is 0 Å². The number of anilines is 1. The van der Waals surface area contributed by atoms with Crippen LogP contribution in [0.4, 0.5) is 5.69 Å². The van der Waals surface area contributed by atoms with E-state index in [4.69, 9.17) is 12.2 Å². The van der Waals surface area contributed by atoms with Gasteiger partial charge in [0.05, 0.1) is 23.6 Å². The second-order valence-electron chi connectivity index (χ2n) is 7.35. The smallest absolute Gasteiger partial charge is 0.174 e. The van der Waals surface area contributed by atoms with Gasteiger partial charge < -0.3 is 14.8 Å². The second kappa shape index (κ2) is 7.72. The van der Waals surface area contributed by atoms with Crippen LogP contribution in [-0.2, 0) is 0 Å². The summed E-state index contributed by atoms with van der Waals surface area (Å²) in [7, 11) is 0. The highest BCUT2D eigenvalue weighted by Crippen LogP contribution is 2.42. The van der Waals surface area contributed by atoms with Gasteiger partial charge in [0, 0.05) is 30.0 Å². The third-order valence-corrected chi connectivity index (χ3v) is 5.73. The zero-order valence-electron chi connectivity index (χ0n) is 16.5. The number of hydrogen-bond acceptors (Lipinski definition) is 3. The van der Waals surface area contributed by atoms with Crippen molar-refractivity contribution in [3.63, 3.8) is 0 Å². The average molecular weight is 412 g/mol. The van der Waals surface area contributed by atoms with Gasteiger partial charge in [0.15, 0.2) is 5.11 Å². The van der Waals surface area contributed by atoms with E-state index in [1.165, 1.54) is 5.56 Å². The van der Waals surface area contributed by atoms with E-state index in [9.17, 15) is 0 Å². The minimum Gasteiger partial charge on any atom is -0.351 e. The molecule has 1 aliphatic heterocycles. The lowest BCUT2D eigenvalue weighted by atomic mass is 10.0. The molecule has 0 spiro atoms. The summed E-state index contributed by atoms with van der Waals surface area (Å²) < 4.78 is 2.17. The molecule has 4 aromatic rings. The predicted octanol–water partition coefficient (Wildman–Crippen LogP) is 4.75. The van der Waals surface area contributed by atoms with Crippen molar-refractivity contribution >= 4 is 23.0 Å². The van der Waals surface area contributed by atoms with Gasteiger partial charge in [-0.25, -0.2) is 0 Å². The van der Waals surface area contributed by atoms with Crippen LogP contribution in [0.3, 0.4) is 0 Å². The molecule has 1 saturated heterocycles. The number of aryl methyl sites for hydroxylation is 1. The maximum Gasteiger partial charge on any atom is 0.174 e. The third kappa shape index (κ3) is 3.25. The zero-order chi connectivity index (χ0) is 20.5. The van der Waals surface area contributed by atoms with Gasteiger partial charge in [0.1, 0.15) is 6.04 Å². The highest BCUT2D eigenvalue weighted by molar-refractivity contribution is 7.80. The topological polar surface area (TPSA) is 46.0 Å². The minimum atomic E-state index is -0.0784. The number of hydrogen-bond donors (Lipinski definition) is 1. The van der Waals surface area contributed by atoms with Crippen LogP contribution in [0, 0.1) is 6.92 Å². The Kier molecular flexibility index (Phi) is 4.77. The predicted molar refractivity (Wildman–Crippen MR) is 123 cm³/mol. The Hall–Kier alpha value is -3.51. The van der Waals surface area contributed by atoms with Gasteiger partial charge in [-0.1, -0.05) is 23.8 Å². The first kappa shape index (κ1) is 18.5. The maximum absolute atomic E-state index is 5.81. The Morgan fingerprint density at radius 3 is 2.50 bits per heavy atom. The molecule has 0 unspecified atom stereocenters. The molecule has 1 fully saturated rings. The Morgan fingerprint density at radius 2 is 1.77 bits per heavy atom. The van der Waals surface area contributed by atoms with Gasteiger partial charge in [-0.2, -0.15) is 0 Å². The quantitative estimate of drug-likeness (QED) is 0.491. The average Bonchev–Trinajstić information content (AvgIpc) is 3.40. The van der Waals surface area contributed by atoms with Crippen molar-refractivity contribution in [2.24, 2.45) is 0 Å². The highest BCUT2D eigenvalue weighted by Gasteiger charge is 2.42. The lowest BCUT2D eigenvalue weighted by Crippen LogP contribution is -2.30. The normalized spacial score (nSPS) is 18.4. The van der Waals surface area contributed by atoms with E-state index in [0.29, 0.717) is 5.11 Å². The number of aromatic nitrogens is 3. The van der Waals surface area contributed by atoms with E-state index >= 15 is 0 Å². The van der Waals surface area contributed by atoms with E-state index < -0.39 is 0 Å². The van der Waals surface area contributed by atoms with Crippen LogP contribution < -0.4 is 10.2 Å². The van der Waals surface area contributed by atoms with Gasteiger partial charge in [-0.3, -0.25) is 9.97 Å². The van der Waals surface area contributed by atoms with E-state index in [2.05, 4.69) is 80.3 Å². The molecule has 3 aromatic heterocycles. The van der Waals surface area contributed by atoms with Crippen molar-refractivity contribution in [2.75, 3.05) is 4.90 Å². The van der Waals surface area contributed by atoms with Crippen molar-refractivity contribution in [2.45, 2.75) is 19.0 Å². The summed E-state index contributed by atoms with van der Waals surface area (Å²) in [4.78, 5) is 11.1. The summed E-state index contributed by atoms with van der Waals surface area (Å²) in [5.41, 5.74) is 5.36. The third-order valence-electron chi connectivity index (χ3n) is 5.42. The summed E-state index contributed by atoms with van der Waals surface area (Å²) in [5, 5.41) is 4.21. The molecule has 30 heavy (non-hydrogen) atoms. The van der Waals surface area contributed by atoms with E-state index in [1.54, 1.807) is 6.20 Å². The summed E-state index contributed by atoms with van der Waals surface area (Å²) in [6, 6.07) is 22.5. The molecule has 0 saturated carbocycles. The Labute approximate surface area is 181 Å². The summed E-state index contributed by atoms with van der Waals surface area (Å²) in [6.45, 7) is 2.09. The number of pyridine rings is 2. The van der Waals surface area contributed by atoms with Gasteiger partial charge in [0.25, 0.3) is 0 Å². The molecular weight excluding hydrogens is 390 g/mol. The molecule has 4 heterocycles. The van der Waals surface area contributed by atoms with Crippen molar-refractivity contribution in [3.05, 3.63) is 108 Å². The first-order chi connectivity index (χ1) is 14.7. The summed E-state index contributed by atoms with van der Waals surface area (Å²) in [5.74, 6) is 0. The molecule has 1 aliphatic rings. The van der Waals surface area contributed by atoms with E-state index in [1.807, 2.05) is 36.7 Å². The van der Waals surface area contributed by atoms with Crippen LogP contribution in [0.5, 0.6) is 0 Å². The number of rotatable bonds is 4. The lowest BCUT2D eigenvalue weighted by molar-refractivity contribution is 0.549. The number of thiocarbonyl (C=S) groups is 1. The largest absolute Gasteiger partial charge is 0.351 e. The molecular formula is C24H21N5S. The second-order valence-corrected chi connectivity index (χ2v) is 7.73. The Bertz CT molecular complexity index is 1160. The van der Waals surface area contributed by atoms with Crippen LogP contribution in [0.1, 0.15) is 29.0 Å². The molecule has 0 aliphatic carbocycles. The minimum absolute atomic E-state index is 0.0645. The van der Waals surface area contributed by atoms with Crippen LogP contribution in [-0.4, -0.2) is 19.6 Å². The Morgan fingerprint density at radius 1 is 0.900 bits per heavy atom. The molecule has 0 radical (unpaired) electrons. The van der Waals surface area contributed by atoms with Crippen LogP contribution in [0.15, 0.2) is 91.5 Å². The maximum atomic E-state index is 5.81. The number of nitrogens with one attached hydrogen (secondary N) is 1. The van der Waals surface area contributed by atoms with Crippen molar-refractivity contribution in [1.82, 2.24) is 19.9 Å². The molecule has 1 N–H and O–H groups in total. The fourth-order valence-electron chi connectivity index (χ4n) is 4.01. The molecule has 6 heteroatoms. The molecule has 0 bridgehead atoms. The molecule has 148 valence electrons. The monoisotopic (exact) mass is 411 g/mol. The first-order valence-corrected chi connectivity index (χ1v) is 10.3. The van der Waals surface area contributed by atoms with Gasteiger partial charge in [0.2, 0.25) is 0 Å². The standard InChI is InChI=1S/C24H21N5S/c1-17-9-11-18(12-10-17)29-23(22(27-24(29)30)20-7-2-3-14-26-20)21-8-5-15-28(21)19-6-4-13-25-16-19/h2-16,22-23H,1H3,(H,27,30)/t22-,23+/m0/s1.